The van der Waals surface area contributed by atoms with Crippen LogP contribution in [0.1, 0.15) is 19.8 Å². The van der Waals surface area contributed by atoms with E-state index in [2.05, 4.69) is 0 Å². The number of nitrogens with zero attached hydrogens (tertiary/aromatic N) is 1. The molecule has 1 fully saturated rings. The Morgan fingerprint density at radius 1 is 1.38 bits per heavy atom. The van der Waals surface area contributed by atoms with Crippen LogP contribution < -0.4 is 5.73 Å². The van der Waals surface area contributed by atoms with E-state index in [-0.39, 0.29) is 24.2 Å². The molecule has 2 N–H and O–H groups in total. The van der Waals surface area contributed by atoms with Crippen LogP contribution in [-0.2, 0) is 9.59 Å². The zero-order valence-electron chi connectivity index (χ0n) is 7.95. The van der Waals surface area contributed by atoms with Crippen molar-refractivity contribution in [3.05, 3.63) is 0 Å². The Morgan fingerprint density at radius 2 is 2.00 bits per heavy atom. The summed E-state index contributed by atoms with van der Waals surface area (Å²) in [4.78, 5) is 23.7. The molecule has 0 aromatic carbocycles. The molecule has 1 saturated carbocycles. The largest absolute Gasteiger partial charge is 0.369 e. The average Bonchev–Trinajstić information content (AvgIpc) is 2.84. The molecule has 1 aliphatic rings. The molecular formula is C9H16N2O2. The minimum Gasteiger partial charge on any atom is -0.369 e. The standard InChI is InChI=1S/C9H16N2O2/c1-2-11(6-9(10)13)5-8(12)7-3-4-7/h7H,2-6H2,1H3,(H2,10,13). The molecule has 4 nitrogen and oxygen atoms in total. The van der Waals surface area contributed by atoms with Crippen molar-refractivity contribution in [3.8, 4) is 0 Å². The van der Waals surface area contributed by atoms with Gasteiger partial charge in [-0.1, -0.05) is 6.92 Å². The first-order chi connectivity index (χ1) is 6.13. The smallest absolute Gasteiger partial charge is 0.231 e. The monoisotopic (exact) mass is 184 g/mol. The molecule has 13 heavy (non-hydrogen) atoms. The summed E-state index contributed by atoms with van der Waals surface area (Å²) >= 11 is 0. The summed E-state index contributed by atoms with van der Waals surface area (Å²) in [6, 6.07) is 0. The Hall–Kier alpha value is -0.900. The Morgan fingerprint density at radius 3 is 2.38 bits per heavy atom. The Kier molecular flexibility index (Phi) is 3.42. The summed E-state index contributed by atoms with van der Waals surface area (Å²) in [7, 11) is 0. The summed E-state index contributed by atoms with van der Waals surface area (Å²) in [5.41, 5.74) is 5.04. The van der Waals surface area contributed by atoms with Gasteiger partial charge in [0.25, 0.3) is 0 Å². The SMILES string of the molecule is CCN(CC(N)=O)CC(=O)C1CC1. The number of hydrogen-bond donors (Lipinski definition) is 1. The van der Waals surface area contributed by atoms with Gasteiger partial charge in [0, 0.05) is 5.92 Å². The number of likely N-dealkylation sites (N-methyl/N-ethyl adjacent to an activating group) is 1. The molecule has 4 heteroatoms. The zero-order chi connectivity index (χ0) is 9.84. The van der Waals surface area contributed by atoms with E-state index in [1.54, 1.807) is 4.90 Å². The molecule has 0 radical (unpaired) electrons. The fourth-order valence-corrected chi connectivity index (χ4v) is 1.25. The van der Waals surface area contributed by atoms with Gasteiger partial charge in [0.15, 0.2) is 0 Å². The van der Waals surface area contributed by atoms with E-state index in [9.17, 15) is 9.59 Å². The van der Waals surface area contributed by atoms with Crippen LogP contribution in [-0.4, -0.2) is 36.2 Å². The van der Waals surface area contributed by atoms with Crippen LogP contribution in [0, 0.1) is 5.92 Å². The van der Waals surface area contributed by atoms with Crippen molar-refractivity contribution in [3.63, 3.8) is 0 Å². The number of primary amides is 1. The number of ketones is 1. The second kappa shape index (κ2) is 4.37. The molecule has 0 aliphatic heterocycles. The lowest BCUT2D eigenvalue weighted by Crippen LogP contribution is -2.37. The first kappa shape index (κ1) is 10.2. The van der Waals surface area contributed by atoms with Crippen molar-refractivity contribution in [1.29, 1.82) is 0 Å². The molecule has 0 bridgehead atoms. The van der Waals surface area contributed by atoms with E-state index in [0.717, 1.165) is 12.8 Å². The molecule has 0 aromatic heterocycles. The van der Waals surface area contributed by atoms with Crippen molar-refractivity contribution >= 4 is 11.7 Å². The molecule has 0 spiro atoms. The molecule has 0 saturated heterocycles. The maximum atomic E-state index is 11.4. The average molecular weight is 184 g/mol. The van der Waals surface area contributed by atoms with E-state index in [4.69, 9.17) is 5.73 Å². The summed E-state index contributed by atoms with van der Waals surface area (Å²) in [6.07, 6.45) is 2.04. The highest BCUT2D eigenvalue weighted by molar-refractivity contribution is 5.85. The minimum absolute atomic E-state index is 0.189. The van der Waals surface area contributed by atoms with Crippen LogP contribution in [0.4, 0.5) is 0 Å². The molecule has 74 valence electrons. The molecule has 1 rings (SSSR count). The van der Waals surface area contributed by atoms with E-state index in [1.807, 2.05) is 6.92 Å². The predicted octanol–water partition coefficient (Wildman–Crippen LogP) is -0.227. The van der Waals surface area contributed by atoms with Crippen molar-refractivity contribution in [2.75, 3.05) is 19.6 Å². The Balaban J connectivity index is 2.29. The normalized spacial score (nSPS) is 16.2. The molecule has 0 unspecified atom stereocenters. The van der Waals surface area contributed by atoms with Gasteiger partial charge in [0.2, 0.25) is 5.91 Å². The van der Waals surface area contributed by atoms with Gasteiger partial charge >= 0.3 is 0 Å². The number of carbonyl (C=O) groups excluding carboxylic acids is 2. The number of amides is 1. The maximum Gasteiger partial charge on any atom is 0.231 e. The fourth-order valence-electron chi connectivity index (χ4n) is 1.25. The highest BCUT2D eigenvalue weighted by atomic mass is 16.1. The van der Waals surface area contributed by atoms with Gasteiger partial charge in [0.05, 0.1) is 13.1 Å². The number of nitrogens with two attached hydrogens (primary N) is 1. The quantitative estimate of drug-likeness (QED) is 0.620. The molecule has 0 atom stereocenters. The number of Topliss-reactive ketones (excluding diaryl/α,β-unsaturated/α-hetero) is 1. The molecule has 0 heterocycles. The predicted molar refractivity (Wildman–Crippen MR) is 49.0 cm³/mol. The Bertz CT molecular complexity index is 212. The van der Waals surface area contributed by atoms with Gasteiger partial charge in [-0.15, -0.1) is 0 Å². The van der Waals surface area contributed by atoms with Crippen molar-refractivity contribution in [1.82, 2.24) is 4.90 Å². The van der Waals surface area contributed by atoms with Gasteiger partial charge in [-0.05, 0) is 19.4 Å². The first-order valence-electron chi connectivity index (χ1n) is 4.66. The van der Waals surface area contributed by atoms with Crippen molar-refractivity contribution in [2.45, 2.75) is 19.8 Å². The van der Waals surface area contributed by atoms with Crippen LogP contribution in [0.25, 0.3) is 0 Å². The van der Waals surface area contributed by atoms with E-state index >= 15 is 0 Å². The van der Waals surface area contributed by atoms with Crippen LogP contribution in [0.3, 0.4) is 0 Å². The lowest BCUT2D eigenvalue weighted by Gasteiger charge is -2.16. The summed E-state index contributed by atoms with van der Waals surface area (Å²) in [5.74, 6) is 0.149. The van der Waals surface area contributed by atoms with E-state index < -0.39 is 0 Å². The fraction of sp³-hybridized carbons (Fsp3) is 0.778. The third-order valence-corrected chi connectivity index (χ3v) is 2.24. The Labute approximate surface area is 78.1 Å². The van der Waals surface area contributed by atoms with Crippen LogP contribution in [0.2, 0.25) is 0 Å². The number of hydrogen-bond acceptors (Lipinski definition) is 3. The summed E-state index contributed by atoms with van der Waals surface area (Å²) in [6.45, 7) is 3.18. The summed E-state index contributed by atoms with van der Waals surface area (Å²) in [5, 5.41) is 0. The molecule has 1 aliphatic carbocycles. The second-order valence-electron chi connectivity index (χ2n) is 3.51. The van der Waals surface area contributed by atoms with Gasteiger partial charge < -0.3 is 5.73 Å². The van der Waals surface area contributed by atoms with Crippen LogP contribution >= 0.6 is 0 Å². The highest BCUT2D eigenvalue weighted by Gasteiger charge is 2.30. The van der Waals surface area contributed by atoms with E-state index in [0.29, 0.717) is 13.1 Å². The van der Waals surface area contributed by atoms with Crippen LogP contribution in [0.5, 0.6) is 0 Å². The van der Waals surface area contributed by atoms with Gasteiger partial charge in [-0.25, -0.2) is 0 Å². The zero-order valence-corrected chi connectivity index (χ0v) is 7.95. The maximum absolute atomic E-state index is 11.4. The number of rotatable bonds is 6. The lowest BCUT2D eigenvalue weighted by molar-refractivity contribution is -0.123. The van der Waals surface area contributed by atoms with Gasteiger partial charge in [-0.3, -0.25) is 14.5 Å². The minimum atomic E-state index is -0.370. The van der Waals surface area contributed by atoms with Gasteiger partial charge in [-0.2, -0.15) is 0 Å². The third-order valence-electron chi connectivity index (χ3n) is 2.24. The molecule has 0 aromatic rings. The second-order valence-corrected chi connectivity index (χ2v) is 3.51. The number of carbonyl (C=O) groups is 2. The first-order valence-corrected chi connectivity index (χ1v) is 4.66. The highest BCUT2D eigenvalue weighted by Crippen LogP contribution is 2.29. The third kappa shape index (κ3) is 3.55. The van der Waals surface area contributed by atoms with Crippen molar-refractivity contribution < 1.29 is 9.59 Å². The van der Waals surface area contributed by atoms with Crippen LogP contribution in [0.15, 0.2) is 0 Å². The molecule has 1 amide bonds. The lowest BCUT2D eigenvalue weighted by atomic mass is 10.2. The van der Waals surface area contributed by atoms with E-state index in [1.165, 1.54) is 0 Å². The van der Waals surface area contributed by atoms with Crippen molar-refractivity contribution in [2.24, 2.45) is 11.7 Å². The molecular weight excluding hydrogens is 168 g/mol. The summed E-state index contributed by atoms with van der Waals surface area (Å²) < 4.78 is 0. The topological polar surface area (TPSA) is 63.4 Å². The van der Waals surface area contributed by atoms with Gasteiger partial charge in [0.1, 0.15) is 5.78 Å².